The Morgan fingerprint density at radius 3 is 2.56 bits per heavy atom. The van der Waals surface area contributed by atoms with Crippen LogP contribution in [0.3, 0.4) is 0 Å². The third-order valence-electron chi connectivity index (χ3n) is 5.21. The first-order valence-electron chi connectivity index (χ1n) is 8.80. The van der Waals surface area contributed by atoms with Gasteiger partial charge in [-0.25, -0.2) is 4.79 Å². The Balaban J connectivity index is 1.35. The number of ether oxygens (including phenoxy) is 2. The standard InChI is InChI=1S/C18H23N3O4/c1-18(5-6-18)16(22)20-7-2-8-21(10-9-20)17(23)19-13-3-4-14-15(11-13)25-12-24-14/h3-4,11H,2,5-10,12H2,1H3,(H,19,23). The van der Waals surface area contributed by atoms with E-state index < -0.39 is 0 Å². The van der Waals surface area contributed by atoms with E-state index in [1.807, 2.05) is 11.8 Å². The summed E-state index contributed by atoms with van der Waals surface area (Å²) in [5, 5.41) is 2.90. The van der Waals surface area contributed by atoms with Crippen LogP contribution in [0.2, 0.25) is 0 Å². The van der Waals surface area contributed by atoms with Crippen LogP contribution in [0.4, 0.5) is 10.5 Å². The van der Waals surface area contributed by atoms with Gasteiger partial charge >= 0.3 is 6.03 Å². The summed E-state index contributed by atoms with van der Waals surface area (Å²) in [4.78, 5) is 28.7. The minimum atomic E-state index is -0.149. The molecule has 1 aromatic rings. The summed E-state index contributed by atoms with van der Waals surface area (Å²) < 4.78 is 10.6. The van der Waals surface area contributed by atoms with Crippen LogP contribution in [0.1, 0.15) is 26.2 Å². The molecular weight excluding hydrogens is 322 g/mol. The molecular formula is C18H23N3O4. The predicted molar refractivity (Wildman–Crippen MR) is 91.7 cm³/mol. The number of anilines is 1. The van der Waals surface area contributed by atoms with Crippen molar-refractivity contribution in [3.63, 3.8) is 0 Å². The van der Waals surface area contributed by atoms with Gasteiger partial charge in [0.2, 0.25) is 12.7 Å². The third-order valence-corrected chi connectivity index (χ3v) is 5.21. The van der Waals surface area contributed by atoms with E-state index in [0.29, 0.717) is 36.8 Å². The molecule has 7 heteroatoms. The lowest BCUT2D eigenvalue weighted by Gasteiger charge is -2.24. The summed E-state index contributed by atoms with van der Waals surface area (Å²) in [6.45, 7) is 4.77. The van der Waals surface area contributed by atoms with Gasteiger partial charge in [-0.2, -0.15) is 0 Å². The van der Waals surface area contributed by atoms with Gasteiger partial charge in [-0.05, 0) is 31.4 Å². The highest BCUT2D eigenvalue weighted by atomic mass is 16.7. The van der Waals surface area contributed by atoms with Gasteiger partial charge in [-0.1, -0.05) is 6.92 Å². The minimum absolute atomic E-state index is 0.147. The van der Waals surface area contributed by atoms with Crippen LogP contribution in [0.15, 0.2) is 18.2 Å². The van der Waals surface area contributed by atoms with Crippen molar-refractivity contribution in [2.45, 2.75) is 26.2 Å². The first-order chi connectivity index (χ1) is 12.0. The molecule has 7 nitrogen and oxygen atoms in total. The summed E-state index contributed by atoms with van der Waals surface area (Å²) in [6.07, 6.45) is 2.77. The second-order valence-corrected chi connectivity index (χ2v) is 7.19. The van der Waals surface area contributed by atoms with Crippen molar-refractivity contribution in [3.05, 3.63) is 18.2 Å². The number of rotatable bonds is 2. The second kappa shape index (κ2) is 6.13. The van der Waals surface area contributed by atoms with E-state index in [-0.39, 0.29) is 24.1 Å². The molecule has 4 rings (SSSR count). The van der Waals surface area contributed by atoms with Crippen molar-refractivity contribution < 1.29 is 19.1 Å². The van der Waals surface area contributed by atoms with E-state index in [4.69, 9.17) is 9.47 Å². The van der Waals surface area contributed by atoms with Gasteiger partial charge in [0, 0.05) is 43.3 Å². The van der Waals surface area contributed by atoms with Crippen molar-refractivity contribution in [3.8, 4) is 11.5 Å². The quantitative estimate of drug-likeness (QED) is 0.893. The predicted octanol–water partition coefficient (Wildman–Crippen LogP) is 2.28. The number of nitrogens with one attached hydrogen (secondary N) is 1. The van der Waals surface area contributed by atoms with E-state index in [9.17, 15) is 9.59 Å². The Morgan fingerprint density at radius 2 is 1.76 bits per heavy atom. The highest BCUT2D eigenvalue weighted by Crippen LogP contribution is 2.46. The summed E-state index contributed by atoms with van der Waals surface area (Å²) in [7, 11) is 0. The Hall–Kier alpha value is -2.44. The van der Waals surface area contributed by atoms with E-state index in [0.717, 1.165) is 25.8 Å². The zero-order valence-corrected chi connectivity index (χ0v) is 14.4. The van der Waals surface area contributed by atoms with Crippen LogP contribution in [-0.4, -0.2) is 54.7 Å². The number of urea groups is 1. The molecule has 1 N–H and O–H groups in total. The molecule has 3 amide bonds. The average Bonchev–Trinajstić information content (AvgIpc) is 3.27. The normalized spacial score (nSPS) is 20.8. The SMILES string of the molecule is CC1(C(=O)N2CCCN(C(=O)Nc3ccc4c(c3)OCO4)CC2)CC1. The van der Waals surface area contributed by atoms with Gasteiger partial charge in [0.1, 0.15) is 0 Å². The second-order valence-electron chi connectivity index (χ2n) is 7.19. The summed E-state index contributed by atoms with van der Waals surface area (Å²) in [5.74, 6) is 1.57. The number of carbonyl (C=O) groups excluding carboxylic acids is 2. The fourth-order valence-electron chi connectivity index (χ4n) is 3.28. The number of hydrogen-bond donors (Lipinski definition) is 1. The number of nitrogens with zero attached hydrogens (tertiary/aromatic N) is 2. The van der Waals surface area contributed by atoms with Gasteiger partial charge < -0.3 is 24.6 Å². The first-order valence-corrected chi connectivity index (χ1v) is 8.80. The molecule has 0 radical (unpaired) electrons. The van der Waals surface area contributed by atoms with E-state index in [1.165, 1.54) is 0 Å². The van der Waals surface area contributed by atoms with Crippen molar-refractivity contribution in [2.24, 2.45) is 5.41 Å². The molecule has 0 aromatic heterocycles. The smallest absolute Gasteiger partial charge is 0.321 e. The molecule has 0 spiro atoms. The van der Waals surface area contributed by atoms with Crippen LogP contribution in [0.5, 0.6) is 11.5 Å². The first kappa shape index (κ1) is 16.1. The fraction of sp³-hybridized carbons (Fsp3) is 0.556. The molecule has 1 saturated carbocycles. The zero-order valence-electron chi connectivity index (χ0n) is 14.4. The van der Waals surface area contributed by atoms with Crippen molar-refractivity contribution in [2.75, 3.05) is 38.3 Å². The zero-order chi connectivity index (χ0) is 17.4. The molecule has 25 heavy (non-hydrogen) atoms. The number of carbonyl (C=O) groups is 2. The molecule has 2 fully saturated rings. The van der Waals surface area contributed by atoms with Gasteiger partial charge in [-0.15, -0.1) is 0 Å². The summed E-state index contributed by atoms with van der Waals surface area (Å²) in [6, 6.07) is 5.21. The van der Waals surface area contributed by atoms with Crippen molar-refractivity contribution in [1.29, 1.82) is 0 Å². The van der Waals surface area contributed by atoms with Crippen LogP contribution < -0.4 is 14.8 Å². The molecule has 3 aliphatic rings. The molecule has 0 atom stereocenters. The third kappa shape index (κ3) is 3.23. The fourth-order valence-corrected chi connectivity index (χ4v) is 3.28. The summed E-state index contributed by atoms with van der Waals surface area (Å²) in [5.41, 5.74) is 0.529. The topological polar surface area (TPSA) is 71.1 Å². The molecule has 1 aromatic carbocycles. The van der Waals surface area contributed by atoms with Crippen LogP contribution in [-0.2, 0) is 4.79 Å². The number of amides is 3. The van der Waals surface area contributed by atoms with Crippen LogP contribution in [0.25, 0.3) is 0 Å². The van der Waals surface area contributed by atoms with E-state index >= 15 is 0 Å². The number of hydrogen-bond acceptors (Lipinski definition) is 4. The maximum absolute atomic E-state index is 12.5. The van der Waals surface area contributed by atoms with E-state index in [2.05, 4.69) is 5.32 Å². The lowest BCUT2D eigenvalue weighted by Crippen LogP contribution is -2.41. The number of fused-ring (bicyclic) bond motifs is 1. The Kier molecular flexibility index (Phi) is 3.94. The maximum atomic E-state index is 12.5. The molecule has 1 aliphatic carbocycles. The highest BCUT2D eigenvalue weighted by Gasteiger charge is 2.47. The molecule has 134 valence electrons. The molecule has 2 aliphatic heterocycles. The monoisotopic (exact) mass is 345 g/mol. The van der Waals surface area contributed by atoms with Gasteiger partial charge in [0.25, 0.3) is 0 Å². The maximum Gasteiger partial charge on any atom is 0.321 e. The van der Waals surface area contributed by atoms with E-state index in [1.54, 1.807) is 23.1 Å². The number of benzene rings is 1. The highest BCUT2D eigenvalue weighted by molar-refractivity contribution is 5.90. The van der Waals surface area contributed by atoms with Crippen molar-refractivity contribution in [1.82, 2.24) is 9.80 Å². The van der Waals surface area contributed by atoms with Crippen LogP contribution in [0, 0.1) is 5.41 Å². The summed E-state index contributed by atoms with van der Waals surface area (Å²) >= 11 is 0. The Labute approximate surface area is 146 Å². The molecule has 2 heterocycles. The Bertz CT molecular complexity index is 702. The van der Waals surface area contributed by atoms with Gasteiger partial charge in [0.05, 0.1) is 0 Å². The lowest BCUT2D eigenvalue weighted by molar-refractivity contribution is -0.136. The lowest BCUT2D eigenvalue weighted by atomic mass is 10.1. The average molecular weight is 345 g/mol. The minimum Gasteiger partial charge on any atom is -0.454 e. The van der Waals surface area contributed by atoms with Crippen LogP contribution >= 0.6 is 0 Å². The molecule has 1 saturated heterocycles. The molecule has 0 unspecified atom stereocenters. The van der Waals surface area contributed by atoms with Gasteiger partial charge in [0.15, 0.2) is 11.5 Å². The Morgan fingerprint density at radius 1 is 1.04 bits per heavy atom. The van der Waals surface area contributed by atoms with Crippen molar-refractivity contribution >= 4 is 17.6 Å². The largest absolute Gasteiger partial charge is 0.454 e. The molecule has 0 bridgehead atoms. The van der Waals surface area contributed by atoms with Gasteiger partial charge in [-0.3, -0.25) is 4.79 Å².